The monoisotopic (exact) mass is 242 g/mol. The van der Waals surface area contributed by atoms with Crippen LogP contribution in [0.2, 0.25) is 0 Å². The topological polar surface area (TPSA) is 25.8 Å². The first-order chi connectivity index (χ1) is 6.02. The molecule has 0 N–H and O–H groups in total. The molecule has 0 aliphatic carbocycles. The molecule has 3 heteroatoms. The highest BCUT2D eigenvalue weighted by molar-refractivity contribution is 9.09. The fraction of sp³-hybridized carbons (Fsp3) is 0.600. The summed E-state index contributed by atoms with van der Waals surface area (Å²) in [5, 5.41) is 0. The summed E-state index contributed by atoms with van der Waals surface area (Å²) >= 11 is 3.57. The lowest BCUT2D eigenvalue weighted by molar-refractivity contribution is 0.712. The fourth-order valence-corrected chi connectivity index (χ4v) is 1.46. The lowest BCUT2D eigenvalue weighted by Crippen LogP contribution is -2.10. The summed E-state index contributed by atoms with van der Waals surface area (Å²) in [6, 6.07) is 0. The summed E-state index contributed by atoms with van der Waals surface area (Å²) in [5.74, 6) is 0.410. The van der Waals surface area contributed by atoms with Gasteiger partial charge in [-0.2, -0.15) is 0 Å². The van der Waals surface area contributed by atoms with Crippen molar-refractivity contribution in [3.63, 3.8) is 0 Å². The van der Waals surface area contributed by atoms with Gasteiger partial charge < -0.3 is 0 Å². The second kappa shape index (κ2) is 4.18. The van der Waals surface area contributed by atoms with Crippen molar-refractivity contribution < 1.29 is 0 Å². The fourth-order valence-electron chi connectivity index (χ4n) is 1.20. The van der Waals surface area contributed by atoms with Crippen molar-refractivity contribution in [1.82, 2.24) is 9.97 Å². The molecule has 1 rings (SSSR count). The van der Waals surface area contributed by atoms with Crippen LogP contribution in [0.3, 0.4) is 0 Å². The predicted molar refractivity (Wildman–Crippen MR) is 58.3 cm³/mol. The van der Waals surface area contributed by atoms with Gasteiger partial charge in [0, 0.05) is 16.9 Å². The third-order valence-corrected chi connectivity index (χ3v) is 3.03. The van der Waals surface area contributed by atoms with Gasteiger partial charge in [0.25, 0.3) is 0 Å². The quantitative estimate of drug-likeness (QED) is 0.746. The Bertz CT molecular complexity index is 297. The molecule has 2 unspecified atom stereocenters. The van der Waals surface area contributed by atoms with Gasteiger partial charge in [0.05, 0.1) is 17.1 Å². The number of rotatable bonds is 2. The van der Waals surface area contributed by atoms with Gasteiger partial charge >= 0.3 is 0 Å². The Morgan fingerprint density at radius 3 is 2.46 bits per heavy atom. The molecule has 1 aromatic rings. The Hall–Kier alpha value is -0.440. The Balaban J connectivity index is 3.05. The molecule has 72 valence electrons. The summed E-state index contributed by atoms with van der Waals surface area (Å²) in [6.07, 6.45) is 1.81. The molecule has 0 aromatic carbocycles. The van der Waals surface area contributed by atoms with Gasteiger partial charge in [-0.1, -0.05) is 29.8 Å². The van der Waals surface area contributed by atoms with E-state index in [1.54, 1.807) is 0 Å². The van der Waals surface area contributed by atoms with E-state index in [0.29, 0.717) is 10.7 Å². The van der Waals surface area contributed by atoms with E-state index in [1.165, 1.54) is 0 Å². The highest BCUT2D eigenvalue weighted by Gasteiger charge is 2.15. The summed E-state index contributed by atoms with van der Waals surface area (Å²) in [5.41, 5.74) is 3.12. The minimum absolute atomic E-state index is 0.410. The molecule has 2 atom stereocenters. The van der Waals surface area contributed by atoms with E-state index in [2.05, 4.69) is 39.7 Å². The first-order valence-electron chi connectivity index (χ1n) is 4.46. The SMILES string of the molecule is Cc1cnc(C)c(C(C)C(C)Br)n1. The summed E-state index contributed by atoms with van der Waals surface area (Å²) in [7, 11) is 0. The van der Waals surface area contributed by atoms with Crippen LogP contribution in [0.4, 0.5) is 0 Å². The van der Waals surface area contributed by atoms with Crippen LogP contribution in [0, 0.1) is 13.8 Å². The third kappa shape index (κ3) is 2.50. The molecule has 0 saturated heterocycles. The maximum absolute atomic E-state index is 4.50. The summed E-state index contributed by atoms with van der Waals surface area (Å²) in [6.45, 7) is 8.28. The van der Waals surface area contributed by atoms with E-state index in [4.69, 9.17) is 0 Å². The zero-order valence-electron chi connectivity index (χ0n) is 8.50. The molecule has 13 heavy (non-hydrogen) atoms. The molecule has 0 fully saturated rings. The Kier molecular flexibility index (Phi) is 3.42. The number of alkyl halides is 1. The molecule has 1 heterocycles. The molecule has 0 aliphatic heterocycles. The molecule has 1 aromatic heterocycles. The van der Waals surface area contributed by atoms with Crippen LogP contribution in [0.1, 0.15) is 36.8 Å². The van der Waals surface area contributed by atoms with E-state index in [1.807, 2.05) is 20.0 Å². The van der Waals surface area contributed by atoms with Crippen LogP contribution in [0.5, 0.6) is 0 Å². The first-order valence-corrected chi connectivity index (χ1v) is 5.38. The second-order valence-corrected chi connectivity index (χ2v) is 4.89. The van der Waals surface area contributed by atoms with Gasteiger partial charge in [-0.05, 0) is 13.8 Å². The number of nitrogens with zero attached hydrogens (tertiary/aromatic N) is 2. The first kappa shape index (κ1) is 10.6. The normalized spacial score (nSPS) is 15.5. The van der Waals surface area contributed by atoms with Crippen molar-refractivity contribution in [2.75, 3.05) is 0 Å². The maximum atomic E-state index is 4.50. The number of aromatic nitrogens is 2. The second-order valence-electron chi connectivity index (χ2n) is 3.45. The molecule has 0 aliphatic rings. The number of halogens is 1. The molecule has 0 saturated carbocycles. The van der Waals surface area contributed by atoms with E-state index < -0.39 is 0 Å². The summed E-state index contributed by atoms with van der Waals surface area (Å²) in [4.78, 5) is 9.23. The van der Waals surface area contributed by atoms with Crippen LogP contribution in [0.25, 0.3) is 0 Å². The van der Waals surface area contributed by atoms with Gasteiger partial charge in [0.1, 0.15) is 0 Å². The van der Waals surface area contributed by atoms with Gasteiger partial charge in [-0.3, -0.25) is 9.97 Å². The van der Waals surface area contributed by atoms with Gasteiger partial charge in [-0.25, -0.2) is 0 Å². The highest BCUT2D eigenvalue weighted by atomic mass is 79.9. The third-order valence-electron chi connectivity index (χ3n) is 2.23. The molecular weight excluding hydrogens is 228 g/mol. The van der Waals surface area contributed by atoms with Crippen molar-refractivity contribution in [3.8, 4) is 0 Å². The van der Waals surface area contributed by atoms with Gasteiger partial charge in [-0.15, -0.1) is 0 Å². The smallest absolute Gasteiger partial charge is 0.0658 e. The van der Waals surface area contributed by atoms with Crippen LogP contribution < -0.4 is 0 Å². The van der Waals surface area contributed by atoms with Crippen LogP contribution >= 0.6 is 15.9 Å². The molecule has 0 spiro atoms. The van der Waals surface area contributed by atoms with Crippen molar-refractivity contribution in [3.05, 3.63) is 23.3 Å². The Morgan fingerprint density at radius 2 is 1.92 bits per heavy atom. The summed E-state index contributed by atoms with van der Waals surface area (Å²) < 4.78 is 0. The lowest BCUT2D eigenvalue weighted by Gasteiger charge is -2.15. The van der Waals surface area contributed by atoms with Crippen LogP contribution in [-0.4, -0.2) is 14.8 Å². The largest absolute Gasteiger partial charge is 0.258 e. The standard InChI is InChI=1S/C10H15BrN2/c1-6-5-12-9(4)10(13-6)7(2)8(3)11/h5,7-8H,1-4H3. The Morgan fingerprint density at radius 1 is 1.31 bits per heavy atom. The zero-order chi connectivity index (χ0) is 10.0. The van der Waals surface area contributed by atoms with Crippen molar-refractivity contribution >= 4 is 15.9 Å². The van der Waals surface area contributed by atoms with E-state index in [0.717, 1.165) is 17.1 Å². The average molecular weight is 243 g/mol. The van der Waals surface area contributed by atoms with E-state index in [9.17, 15) is 0 Å². The average Bonchev–Trinajstić information content (AvgIpc) is 2.08. The molecule has 0 bridgehead atoms. The number of hydrogen-bond donors (Lipinski definition) is 0. The molecular formula is C10H15BrN2. The van der Waals surface area contributed by atoms with Gasteiger partial charge in [0.2, 0.25) is 0 Å². The van der Waals surface area contributed by atoms with Crippen molar-refractivity contribution in [1.29, 1.82) is 0 Å². The maximum Gasteiger partial charge on any atom is 0.0658 e. The highest BCUT2D eigenvalue weighted by Crippen LogP contribution is 2.24. The lowest BCUT2D eigenvalue weighted by atomic mass is 10.0. The van der Waals surface area contributed by atoms with Crippen LogP contribution in [-0.2, 0) is 0 Å². The molecule has 2 nitrogen and oxygen atoms in total. The van der Waals surface area contributed by atoms with Crippen LogP contribution in [0.15, 0.2) is 6.20 Å². The predicted octanol–water partition coefficient (Wildman–Crippen LogP) is 2.98. The van der Waals surface area contributed by atoms with Gasteiger partial charge in [0.15, 0.2) is 0 Å². The number of hydrogen-bond acceptors (Lipinski definition) is 2. The Labute approximate surface area is 87.9 Å². The van der Waals surface area contributed by atoms with Crippen molar-refractivity contribution in [2.45, 2.75) is 38.4 Å². The molecule has 0 amide bonds. The number of aryl methyl sites for hydroxylation is 2. The zero-order valence-corrected chi connectivity index (χ0v) is 10.1. The van der Waals surface area contributed by atoms with E-state index in [-0.39, 0.29) is 0 Å². The minimum Gasteiger partial charge on any atom is -0.258 e. The molecule has 0 radical (unpaired) electrons. The van der Waals surface area contributed by atoms with E-state index >= 15 is 0 Å². The van der Waals surface area contributed by atoms with Crippen molar-refractivity contribution in [2.24, 2.45) is 0 Å². The minimum atomic E-state index is 0.410.